The summed E-state index contributed by atoms with van der Waals surface area (Å²) >= 11 is 0. The Morgan fingerprint density at radius 1 is 1.17 bits per heavy atom. The van der Waals surface area contributed by atoms with Crippen LogP contribution in [-0.4, -0.2) is 47.0 Å². The van der Waals surface area contributed by atoms with Crippen LogP contribution in [-0.2, 0) is 14.3 Å². The SMILES string of the molecule is C#Cc1ccccc1C(C(=O)NC1CCCCC1)N(CCCC)C(=O)C(C)NC(=O)OC(C)(C)C. The van der Waals surface area contributed by atoms with E-state index in [0.717, 1.165) is 32.1 Å². The summed E-state index contributed by atoms with van der Waals surface area (Å²) in [6, 6.07) is 5.52. The number of hydrogen-bond donors (Lipinski definition) is 2. The van der Waals surface area contributed by atoms with Gasteiger partial charge in [-0.2, -0.15) is 0 Å². The van der Waals surface area contributed by atoms with Crippen LogP contribution in [0.1, 0.15) is 96.7 Å². The molecule has 2 N–H and O–H groups in total. The van der Waals surface area contributed by atoms with Crippen molar-refractivity contribution in [2.24, 2.45) is 0 Å². The zero-order valence-corrected chi connectivity index (χ0v) is 21.9. The quantitative estimate of drug-likeness (QED) is 0.499. The first-order chi connectivity index (χ1) is 16.6. The lowest BCUT2D eigenvalue weighted by Crippen LogP contribution is -2.53. The van der Waals surface area contributed by atoms with E-state index >= 15 is 0 Å². The van der Waals surface area contributed by atoms with Gasteiger partial charge in [0.25, 0.3) is 0 Å². The van der Waals surface area contributed by atoms with E-state index in [2.05, 4.69) is 16.6 Å². The molecule has 1 aliphatic carbocycles. The van der Waals surface area contributed by atoms with Crippen molar-refractivity contribution in [3.05, 3.63) is 35.4 Å². The van der Waals surface area contributed by atoms with Crippen LogP contribution in [0.3, 0.4) is 0 Å². The lowest BCUT2D eigenvalue weighted by atomic mass is 9.93. The van der Waals surface area contributed by atoms with Crippen LogP contribution in [0.4, 0.5) is 4.79 Å². The fraction of sp³-hybridized carbons (Fsp3) is 0.607. The zero-order valence-electron chi connectivity index (χ0n) is 21.9. The lowest BCUT2D eigenvalue weighted by molar-refractivity contribution is -0.142. The van der Waals surface area contributed by atoms with Gasteiger partial charge in [-0.15, -0.1) is 6.42 Å². The Morgan fingerprint density at radius 3 is 2.43 bits per heavy atom. The van der Waals surface area contributed by atoms with Crippen LogP contribution in [0.2, 0.25) is 0 Å². The summed E-state index contributed by atoms with van der Waals surface area (Å²) < 4.78 is 5.32. The molecule has 35 heavy (non-hydrogen) atoms. The molecule has 3 amide bonds. The van der Waals surface area contributed by atoms with Gasteiger partial charge in [0.1, 0.15) is 17.7 Å². The van der Waals surface area contributed by atoms with E-state index < -0.39 is 23.8 Å². The fourth-order valence-electron chi connectivity index (χ4n) is 4.33. The van der Waals surface area contributed by atoms with Crippen LogP contribution in [0.5, 0.6) is 0 Å². The molecule has 2 atom stereocenters. The number of carbonyl (C=O) groups is 3. The first-order valence-electron chi connectivity index (χ1n) is 12.7. The Bertz CT molecular complexity index is 910. The number of rotatable bonds is 9. The highest BCUT2D eigenvalue weighted by atomic mass is 16.6. The molecular formula is C28H41N3O4. The Labute approximate surface area is 210 Å². The van der Waals surface area contributed by atoms with Gasteiger partial charge in [-0.05, 0) is 58.6 Å². The molecule has 1 aliphatic rings. The predicted octanol–water partition coefficient (Wildman–Crippen LogP) is 4.70. The summed E-state index contributed by atoms with van der Waals surface area (Å²) in [5.74, 6) is 2.06. The third-order valence-electron chi connectivity index (χ3n) is 6.06. The van der Waals surface area contributed by atoms with E-state index in [9.17, 15) is 14.4 Å². The summed E-state index contributed by atoms with van der Waals surface area (Å²) in [5.41, 5.74) is 0.485. The molecule has 1 aromatic carbocycles. The summed E-state index contributed by atoms with van der Waals surface area (Å²) in [6.45, 7) is 9.27. The van der Waals surface area contributed by atoms with Crippen molar-refractivity contribution in [1.29, 1.82) is 0 Å². The maximum atomic E-state index is 13.7. The second kappa shape index (κ2) is 13.2. The molecule has 0 heterocycles. The van der Waals surface area contributed by atoms with Gasteiger partial charge in [-0.25, -0.2) is 4.79 Å². The van der Waals surface area contributed by atoms with Crippen LogP contribution in [0, 0.1) is 12.3 Å². The van der Waals surface area contributed by atoms with Crippen molar-refractivity contribution in [1.82, 2.24) is 15.5 Å². The van der Waals surface area contributed by atoms with Gasteiger partial charge in [0.05, 0.1) is 0 Å². The maximum Gasteiger partial charge on any atom is 0.408 e. The molecule has 1 aromatic rings. The normalized spacial score (nSPS) is 15.9. The molecule has 0 saturated heterocycles. The highest BCUT2D eigenvalue weighted by Crippen LogP contribution is 2.27. The van der Waals surface area contributed by atoms with Gasteiger partial charge in [0.15, 0.2) is 0 Å². The lowest BCUT2D eigenvalue weighted by Gasteiger charge is -2.35. The van der Waals surface area contributed by atoms with E-state index in [4.69, 9.17) is 11.2 Å². The number of unbranched alkanes of at least 4 members (excludes halogenated alkanes) is 1. The molecule has 1 fully saturated rings. The molecule has 2 unspecified atom stereocenters. The smallest absolute Gasteiger partial charge is 0.408 e. The van der Waals surface area contributed by atoms with Crippen molar-refractivity contribution >= 4 is 17.9 Å². The highest BCUT2D eigenvalue weighted by Gasteiger charge is 2.36. The minimum atomic E-state index is -0.897. The minimum Gasteiger partial charge on any atom is -0.444 e. The number of terminal acetylenes is 1. The van der Waals surface area contributed by atoms with E-state index in [0.29, 0.717) is 24.1 Å². The number of hydrogen-bond acceptors (Lipinski definition) is 4. The number of benzene rings is 1. The standard InChI is InChI=1S/C28H41N3O4/c1-7-9-19-31(26(33)20(3)29-27(34)35-28(4,5)6)24(23-18-14-13-15-21(23)8-2)25(32)30-22-16-11-10-12-17-22/h2,13-15,18,20,22,24H,7,9-12,16-17,19H2,1,3-6H3,(H,29,34)(H,30,32). The maximum absolute atomic E-state index is 13.7. The Balaban J connectivity index is 2.39. The summed E-state index contributed by atoms with van der Waals surface area (Å²) in [4.78, 5) is 41.3. The summed E-state index contributed by atoms with van der Waals surface area (Å²) in [6.07, 6.45) is 11.8. The van der Waals surface area contributed by atoms with Crippen molar-refractivity contribution in [2.45, 2.75) is 103 Å². The van der Waals surface area contributed by atoms with E-state index in [1.165, 1.54) is 6.42 Å². The molecule has 0 bridgehead atoms. The number of carbonyl (C=O) groups excluding carboxylic acids is 3. The highest BCUT2D eigenvalue weighted by molar-refractivity contribution is 5.92. The number of nitrogens with one attached hydrogen (secondary N) is 2. The molecule has 0 radical (unpaired) electrons. The van der Waals surface area contributed by atoms with Gasteiger partial charge >= 0.3 is 6.09 Å². The van der Waals surface area contributed by atoms with Crippen molar-refractivity contribution < 1.29 is 19.1 Å². The molecule has 2 rings (SSSR count). The minimum absolute atomic E-state index is 0.0807. The average molecular weight is 484 g/mol. The van der Waals surface area contributed by atoms with Crippen LogP contribution >= 0.6 is 0 Å². The number of amides is 3. The molecule has 0 aliphatic heterocycles. The largest absolute Gasteiger partial charge is 0.444 e. The molecule has 7 heteroatoms. The second-order valence-corrected chi connectivity index (χ2v) is 10.2. The van der Waals surface area contributed by atoms with E-state index in [1.807, 2.05) is 19.1 Å². The van der Waals surface area contributed by atoms with Gasteiger partial charge in [0.2, 0.25) is 11.8 Å². The monoisotopic (exact) mass is 483 g/mol. The first kappa shape index (κ1) is 28.2. The average Bonchev–Trinajstić information content (AvgIpc) is 2.80. The molecule has 192 valence electrons. The Kier molecular flexibility index (Phi) is 10.6. The number of alkyl carbamates (subject to hydrolysis) is 1. The van der Waals surface area contributed by atoms with Crippen molar-refractivity contribution in [3.8, 4) is 12.3 Å². The van der Waals surface area contributed by atoms with Gasteiger partial charge in [-0.1, -0.05) is 56.7 Å². The zero-order chi connectivity index (χ0) is 26.0. The third-order valence-corrected chi connectivity index (χ3v) is 6.06. The molecule has 0 aromatic heterocycles. The van der Waals surface area contributed by atoms with Gasteiger partial charge in [0, 0.05) is 18.2 Å². The van der Waals surface area contributed by atoms with Crippen LogP contribution < -0.4 is 10.6 Å². The topological polar surface area (TPSA) is 87.7 Å². The number of nitrogens with zero attached hydrogens (tertiary/aromatic N) is 1. The fourth-order valence-corrected chi connectivity index (χ4v) is 4.33. The van der Waals surface area contributed by atoms with Crippen molar-refractivity contribution in [3.63, 3.8) is 0 Å². The molecule has 0 spiro atoms. The Hall–Kier alpha value is -3.01. The molecule has 1 saturated carbocycles. The molecular weight excluding hydrogens is 442 g/mol. The number of ether oxygens (including phenoxy) is 1. The third kappa shape index (κ3) is 8.61. The van der Waals surface area contributed by atoms with Crippen molar-refractivity contribution in [2.75, 3.05) is 6.54 Å². The van der Waals surface area contributed by atoms with Gasteiger partial charge < -0.3 is 20.3 Å². The summed E-state index contributed by atoms with van der Waals surface area (Å²) in [5, 5.41) is 5.80. The van der Waals surface area contributed by atoms with Crippen LogP contribution in [0.25, 0.3) is 0 Å². The van der Waals surface area contributed by atoms with Crippen LogP contribution in [0.15, 0.2) is 24.3 Å². The second-order valence-electron chi connectivity index (χ2n) is 10.2. The van der Waals surface area contributed by atoms with Gasteiger partial charge in [-0.3, -0.25) is 9.59 Å². The van der Waals surface area contributed by atoms with E-state index in [-0.39, 0.29) is 17.9 Å². The predicted molar refractivity (Wildman–Crippen MR) is 138 cm³/mol. The summed E-state index contributed by atoms with van der Waals surface area (Å²) in [7, 11) is 0. The van der Waals surface area contributed by atoms with E-state index in [1.54, 1.807) is 44.7 Å². The Morgan fingerprint density at radius 2 is 1.83 bits per heavy atom. The molecule has 7 nitrogen and oxygen atoms in total. The first-order valence-corrected chi connectivity index (χ1v) is 12.7.